The normalized spacial score (nSPS) is 10.6. The van der Waals surface area contributed by atoms with Crippen molar-refractivity contribution < 1.29 is 4.74 Å². The van der Waals surface area contributed by atoms with E-state index in [1.165, 1.54) is 5.69 Å². The second kappa shape index (κ2) is 5.58. The molecule has 1 heterocycles. The highest BCUT2D eigenvalue weighted by molar-refractivity contribution is 5.43. The summed E-state index contributed by atoms with van der Waals surface area (Å²) in [7, 11) is 0. The Morgan fingerprint density at radius 1 is 1.28 bits per heavy atom. The molecule has 0 spiro atoms. The molecule has 0 radical (unpaired) electrons. The predicted octanol–water partition coefficient (Wildman–Crippen LogP) is 2.55. The zero-order valence-electron chi connectivity index (χ0n) is 10.9. The molecule has 0 unspecified atom stereocenters. The molecule has 2 rings (SSSR count). The molecule has 0 bridgehead atoms. The number of ether oxygens (including phenoxy) is 1. The summed E-state index contributed by atoms with van der Waals surface area (Å²) in [5.74, 6) is 0.823. The van der Waals surface area contributed by atoms with Crippen molar-refractivity contribution in [1.82, 2.24) is 9.78 Å². The van der Waals surface area contributed by atoms with Crippen molar-refractivity contribution in [2.75, 3.05) is 12.3 Å². The zero-order chi connectivity index (χ0) is 13.0. The Kier molecular flexibility index (Phi) is 3.87. The van der Waals surface area contributed by atoms with Crippen LogP contribution in [0.4, 0.5) is 5.69 Å². The highest BCUT2D eigenvalue weighted by Crippen LogP contribution is 2.14. The standard InChI is InChI=1S/C14H19N3O/c1-11-9-12(2)17(16-11)7-4-8-18-14-6-3-5-13(15)10-14/h3,5-6,9-10H,4,7-8,15H2,1-2H3. The fourth-order valence-electron chi connectivity index (χ4n) is 1.91. The van der Waals surface area contributed by atoms with Crippen LogP contribution < -0.4 is 10.5 Å². The molecular weight excluding hydrogens is 226 g/mol. The van der Waals surface area contributed by atoms with Gasteiger partial charge in [0, 0.05) is 30.4 Å². The van der Waals surface area contributed by atoms with Crippen LogP contribution in [0.1, 0.15) is 17.8 Å². The summed E-state index contributed by atoms with van der Waals surface area (Å²) in [5, 5.41) is 4.41. The maximum absolute atomic E-state index is 5.68. The van der Waals surface area contributed by atoms with E-state index >= 15 is 0 Å². The van der Waals surface area contributed by atoms with Gasteiger partial charge in [-0.25, -0.2) is 0 Å². The van der Waals surface area contributed by atoms with Crippen LogP contribution in [0.5, 0.6) is 5.75 Å². The Bertz CT molecular complexity index is 520. The van der Waals surface area contributed by atoms with Crippen LogP contribution in [0.3, 0.4) is 0 Å². The molecule has 0 saturated heterocycles. The Balaban J connectivity index is 1.78. The van der Waals surface area contributed by atoms with E-state index in [9.17, 15) is 0 Å². The van der Waals surface area contributed by atoms with E-state index in [1.807, 2.05) is 35.9 Å². The molecule has 1 aromatic carbocycles. The molecule has 0 aliphatic rings. The number of aryl methyl sites for hydroxylation is 3. The Hall–Kier alpha value is -1.97. The molecule has 0 aliphatic carbocycles. The van der Waals surface area contributed by atoms with Gasteiger partial charge in [0.05, 0.1) is 12.3 Å². The predicted molar refractivity (Wildman–Crippen MR) is 72.7 cm³/mol. The third-order valence-electron chi connectivity index (χ3n) is 2.74. The number of anilines is 1. The lowest BCUT2D eigenvalue weighted by Crippen LogP contribution is -2.07. The van der Waals surface area contributed by atoms with E-state index in [4.69, 9.17) is 10.5 Å². The molecule has 1 aromatic heterocycles. The van der Waals surface area contributed by atoms with Crippen molar-refractivity contribution in [3.05, 3.63) is 41.7 Å². The Labute approximate surface area is 107 Å². The molecule has 0 saturated carbocycles. The lowest BCUT2D eigenvalue weighted by Gasteiger charge is -2.07. The fraction of sp³-hybridized carbons (Fsp3) is 0.357. The summed E-state index contributed by atoms with van der Waals surface area (Å²) in [4.78, 5) is 0. The molecule has 0 fully saturated rings. The first-order valence-electron chi connectivity index (χ1n) is 6.14. The van der Waals surface area contributed by atoms with Gasteiger partial charge >= 0.3 is 0 Å². The fourth-order valence-corrected chi connectivity index (χ4v) is 1.91. The Morgan fingerprint density at radius 2 is 2.11 bits per heavy atom. The summed E-state index contributed by atoms with van der Waals surface area (Å²) < 4.78 is 7.65. The summed E-state index contributed by atoms with van der Waals surface area (Å²) >= 11 is 0. The quantitative estimate of drug-likeness (QED) is 0.650. The van der Waals surface area contributed by atoms with Gasteiger partial charge in [-0.3, -0.25) is 4.68 Å². The number of nitrogens with two attached hydrogens (primary N) is 1. The van der Waals surface area contributed by atoms with Gasteiger partial charge in [0.15, 0.2) is 0 Å². The minimum absolute atomic E-state index is 0.668. The average Bonchev–Trinajstić information content (AvgIpc) is 2.64. The molecule has 18 heavy (non-hydrogen) atoms. The lowest BCUT2D eigenvalue weighted by atomic mass is 10.3. The smallest absolute Gasteiger partial charge is 0.121 e. The molecule has 2 aromatic rings. The monoisotopic (exact) mass is 245 g/mol. The molecule has 0 amide bonds. The minimum atomic E-state index is 0.668. The number of aromatic nitrogens is 2. The van der Waals surface area contributed by atoms with Gasteiger partial charge in [0.25, 0.3) is 0 Å². The summed E-state index contributed by atoms with van der Waals surface area (Å²) in [6.07, 6.45) is 0.927. The van der Waals surface area contributed by atoms with Crippen molar-refractivity contribution >= 4 is 5.69 Å². The molecule has 96 valence electrons. The van der Waals surface area contributed by atoms with Crippen LogP contribution in [0.15, 0.2) is 30.3 Å². The van der Waals surface area contributed by atoms with Gasteiger partial charge < -0.3 is 10.5 Å². The van der Waals surface area contributed by atoms with Gasteiger partial charge in [-0.2, -0.15) is 5.10 Å². The number of nitrogens with zero attached hydrogens (tertiary/aromatic N) is 2. The molecular formula is C14H19N3O. The van der Waals surface area contributed by atoms with E-state index in [-0.39, 0.29) is 0 Å². The zero-order valence-corrected chi connectivity index (χ0v) is 10.9. The van der Waals surface area contributed by atoms with Gasteiger partial charge in [0.2, 0.25) is 0 Å². The molecule has 2 N–H and O–H groups in total. The first kappa shape index (κ1) is 12.5. The minimum Gasteiger partial charge on any atom is -0.493 e. The van der Waals surface area contributed by atoms with Gasteiger partial charge in [-0.1, -0.05) is 6.07 Å². The second-order valence-corrected chi connectivity index (χ2v) is 4.42. The number of hydrogen-bond donors (Lipinski definition) is 1. The van der Waals surface area contributed by atoms with E-state index in [0.717, 1.165) is 30.1 Å². The lowest BCUT2D eigenvalue weighted by molar-refractivity contribution is 0.298. The largest absolute Gasteiger partial charge is 0.493 e. The van der Waals surface area contributed by atoms with Gasteiger partial charge in [-0.05, 0) is 32.0 Å². The third kappa shape index (κ3) is 3.26. The number of nitrogen functional groups attached to an aromatic ring is 1. The molecule has 4 nitrogen and oxygen atoms in total. The van der Waals surface area contributed by atoms with Crippen molar-refractivity contribution in [1.29, 1.82) is 0 Å². The topological polar surface area (TPSA) is 53.1 Å². The molecule has 4 heteroatoms. The van der Waals surface area contributed by atoms with E-state index in [0.29, 0.717) is 6.61 Å². The van der Waals surface area contributed by atoms with Crippen LogP contribution in [-0.4, -0.2) is 16.4 Å². The highest BCUT2D eigenvalue weighted by atomic mass is 16.5. The maximum atomic E-state index is 5.68. The maximum Gasteiger partial charge on any atom is 0.121 e. The number of benzene rings is 1. The van der Waals surface area contributed by atoms with Crippen molar-refractivity contribution in [3.63, 3.8) is 0 Å². The van der Waals surface area contributed by atoms with Crippen LogP contribution in [0.2, 0.25) is 0 Å². The highest BCUT2D eigenvalue weighted by Gasteiger charge is 2.00. The van der Waals surface area contributed by atoms with Crippen LogP contribution in [0.25, 0.3) is 0 Å². The second-order valence-electron chi connectivity index (χ2n) is 4.42. The van der Waals surface area contributed by atoms with Gasteiger partial charge in [-0.15, -0.1) is 0 Å². The van der Waals surface area contributed by atoms with Crippen molar-refractivity contribution in [2.45, 2.75) is 26.8 Å². The first-order valence-corrected chi connectivity index (χ1v) is 6.14. The third-order valence-corrected chi connectivity index (χ3v) is 2.74. The van der Waals surface area contributed by atoms with E-state index in [2.05, 4.69) is 18.1 Å². The first-order chi connectivity index (χ1) is 8.65. The van der Waals surface area contributed by atoms with Crippen LogP contribution >= 0.6 is 0 Å². The van der Waals surface area contributed by atoms with E-state index in [1.54, 1.807) is 0 Å². The summed E-state index contributed by atoms with van der Waals surface area (Å²) in [6.45, 7) is 5.62. The Morgan fingerprint density at radius 3 is 2.78 bits per heavy atom. The number of hydrogen-bond acceptors (Lipinski definition) is 3. The van der Waals surface area contributed by atoms with Crippen molar-refractivity contribution in [3.8, 4) is 5.75 Å². The van der Waals surface area contributed by atoms with E-state index < -0.39 is 0 Å². The molecule has 0 atom stereocenters. The van der Waals surface area contributed by atoms with Crippen LogP contribution in [-0.2, 0) is 6.54 Å². The number of rotatable bonds is 5. The van der Waals surface area contributed by atoms with Gasteiger partial charge in [0.1, 0.15) is 5.75 Å². The molecule has 0 aliphatic heterocycles. The van der Waals surface area contributed by atoms with Crippen molar-refractivity contribution in [2.24, 2.45) is 0 Å². The van der Waals surface area contributed by atoms with Crippen LogP contribution in [0, 0.1) is 13.8 Å². The average molecular weight is 245 g/mol. The summed E-state index contributed by atoms with van der Waals surface area (Å²) in [5.41, 5.74) is 8.66. The summed E-state index contributed by atoms with van der Waals surface area (Å²) in [6, 6.07) is 9.58. The SMILES string of the molecule is Cc1cc(C)n(CCCOc2cccc(N)c2)n1.